The minimum Gasteiger partial charge on any atom is -0.323 e. The second-order valence-corrected chi connectivity index (χ2v) is 7.20. The second-order valence-electron chi connectivity index (χ2n) is 5.19. The van der Waals surface area contributed by atoms with E-state index in [4.69, 9.17) is 5.73 Å². The highest BCUT2D eigenvalue weighted by Gasteiger charge is 2.30. The molecule has 18 heavy (non-hydrogen) atoms. The second kappa shape index (κ2) is 7.05. The van der Waals surface area contributed by atoms with E-state index in [2.05, 4.69) is 20.8 Å². The summed E-state index contributed by atoms with van der Waals surface area (Å²) in [6.07, 6.45) is 0.928. The summed E-state index contributed by atoms with van der Waals surface area (Å²) in [5.74, 6) is 0.315. The van der Waals surface area contributed by atoms with E-state index in [1.165, 1.54) is 0 Å². The Morgan fingerprint density at radius 2 is 1.72 bits per heavy atom. The van der Waals surface area contributed by atoms with Gasteiger partial charge in [0, 0.05) is 22.1 Å². The molecular formula is C15H25NOS. The Labute approximate surface area is 113 Å². The Bertz CT molecular complexity index is 377. The maximum absolute atomic E-state index is 12.6. The van der Waals surface area contributed by atoms with Crippen molar-refractivity contribution in [2.45, 2.75) is 50.7 Å². The molecule has 1 aromatic carbocycles. The van der Waals surface area contributed by atoms with Crippen molar-refractivity contribution in [1.29, 1.82) is 0 Å². The zero-order valence-electron chi connectivity index (χ0n) is 11.8. The van der Waals surface area contributed by atoms with Crippen LogP contribution in [0.4, 0.5) is 0 Å². The number of hydrogen-bond donors (Lipinski definition) is 1. The Balaban J connectivity index is 2.96. The van der Waals surface area contributed by atoms with Crippen LogP contribution in [0.5, 0.6) is 0 Å². The lowest BCUT2D eigenvalue weighted by Gasteiger charge is -2.29. The fraction of sp³-hybridized carbons (Fsp3) is 0.600. The molecule has 0 aliphatic heterocycles. The lowest BCUT2D eigenvalue weighted by Crippen LogP contribution is -2.38. The molecule has 0 heterocycles. The third-order valence-electron chi connectivity index (χ3n) is 3.44. The lowest BCUT2D eigenvalue weighted by atomic mass is 9.97. The molecule has 2 nitrogen and oxygen atoms in total. The number of nitrogens with two attached hydrogens (primary N) is 1. The standard InChI is InChI=1S/C15H25NOS/c1-5-12(4)18(17)15(11(2)3)14(16)13-9-7-6-8-10-13/h6-12,14-15H,5,16H2,1-4H3. The average molecular weight is 267 g/mol. The topological polar surface area (TPSA) is 43.1 Å². The lowest BCUT2D eigenvalue weighted by molar-refractivity contribution is 0.506. The predicted molar refractivity (Wildman–Crippen MR) is 79.9 cm³/mol. The van der Waals surface area contributed by atoms with Gasteiger partial charge < -0.3 is 5.73 Å². The van der Waals surface area contributed by atoms with Gasteiger partial charge in [-0.2, -0.15) is 0 Å². The first-order valence-corrected chi connectivity index (χ1v) is 7.96. The Kier molecular flexibility index (Phi) is 6.03. The summed E-state index contributed by atoms with van der Waals surface area (Å²) in [6, 6.07) is 9.84. The van der Waals surface area contributed by atoms with Crippen molar-refractivity contribution in [2.24, 2.45) is 11.7 Å². The fourth-order valence-electron chi connectivity index (χ4n) is 2.12. The zero-order chi connectivity index (χ0) is 13.7. The molecule has 1 rings (SSSR count). The number of rotatable bonds is 6. The highest BCUT2D eigenvalue weighted by Crippen LogP contribution is 2.26. The van der Waals surface area contributed by atoms with Crippen LogP contribution < -0.4 is 5.73 Å². The molecule has 0 spiro atoms. The summed E-state index contributed by atoms with van der Waals surface area (Å²) in [5, 5.41) is 0.217. The first-order valence-electron chi connectivity index (χ1n) is 6.68. The maximum atomic E-state index is 12.6. The van der Waals surface area contributed by atoms with E-state index in [0.29, 0.717) is 5.92 Å². The molecule has 4 atom stereocenters. The molecule has 0 aromatic heterocycles. The van der Waals surface area contributed by atoms with Gasteiger partial charge in [0.1, 0.15) is 0 Å². The normalized spacial score (nSPS) is 18.3. The maximum Gasteiger partial charge on any atom is 0.0566 e. The third kappa shape index (κ3) is 3.66. The molecule has 0 radical (unpaired) electrons. The molecule has 1 aromatic rings. The van der Waals surface area contributed by atoms with Gasteiger partial charge in [-0.05, 0) is 17.9 Å². The van der Waals surface area contributed by atoms with Crippen molar-refractivity contribution in [1.82, 2.24) is 0 Å². The van der Waals surface area contributed by atoms with E-state index in [1.807, 2.05) is 37.3 Å². The van der Waals surface area contributed by atoms with Gasteiger partial charge in [0.15, 0.2) is 0 Å². The van der Waals surface area contributed by atoms with Crippen LogP contribution in [0.25, 0.3) is 0 Å². The van der Waals surface area contributed by atoms with Crippen LogP contribution in [-0.2, 0) is 10.8 Å². The monoisotopic (exact) mass is 267 g/mol. The number of hydrogen-bond acceptors (Lipinski definition) is 2. The molecule has 0 saturated heterocycles. The van der Waals surface area contributed by atoms with E-state index in [-0.39, 0.29) is 16.5 Å². The molecular weight excluding hydrogens is 242 g/mol. The van der Waals surface area contributed by atoms with Crippen molar-refractivity contribution in [3.05, 3.63) is 35.9 Å². The van der Waals surface area contributed by atoms with Gasteiger partial charge in [-0.15, -0.1) is 0 Å². The largest absolute Gasteiger partial charge is 0.323 e. The Morgan fingerprint density at radius 1 is 1.17 bits per heavy atom. The van der Waals surface area contributed by atoms with E-state index in [0.717, 1.165) is 12.0 Å². The van der Waals surface area contributed by atoms with Crippen LogP contribution in [0.2, 0.25) is 0 Å². The molecule has 0 saturated carbocycles. The van der Waals surface area contributed by atoms with Crippen molar-refractivity contribution in [2.75, 3.05) is 0 Å². The van der Waals surface area contributed by atoms with Crippen molar-refractivity contribution < 1.29 is 4.21 Å². The highest BCUT2D eigenvalue weighted by molar-refractivity contribution is 7.86. The zero-order valence-corrected chi connectivity index (χ0v) is 12.6. The summed E-state index contributed by atoms with van der Waals surface area (Å²) < 4.78 is 12.6. The summed E-state index contributed by atoms with van der Waals surface area (Å²) in [4.78, 5) is 0. The summed E-state index contributed by atoms with van der Waals surface area (Å²) >= 11 is 0. The van der Waals surface area contributed by atoms with Crippen molar-refractivity contribution >= 4 is 10.8 Å². The Hall–Kier alpha value is -0.670. The van der Waals surface area contributed by atoms with Gasteiger partial charge >= 0.3 is 0 Å². The molecule has 102 valence electrons. The van der Waals surface area contributed by atoms with Gasteiger partial charge in [0.2, 0.25) is 0 Å². The van der Waals surface area contributed by atoms with Crippen molar-refractivity contribution in [3.63, 3.8) is 0 Å². The van der Waals surface area contributed by atoms with E-state index >= 15 is 0 Å². The quantitative estimate of drug-likeness (QED) is 0.859. The summed E-state index contributed by atoms with van der Waals surface area (Å²) in [5.41, 5.74) is 7.42. The van der Waals surface area contributed by atoms with Crippen LogP contribution in [0.1, 0.15) is 45.7 Å². The smallest absolute Gasteiger partial charge is 0.0566 e. The minimum absolute atomic E-state index is 0.0161. The molecule has 0 aliphatic carbocycles. The van der Waals surface area contributed by atoms with Crippen molar-refractivity contribution in [3.8, 4) is 0 Å². The molecule has 0 amide bonds. The van der Waals surface area contributed by atoms with Gasteiger partial charge in [0.25, 0.3) is 0 Å². The van der Waals surface area contributed by atoms with E-state index < -0.39 is 10.8 Å². The van der Waals surface area contributed by atoms with Gasteiger partial charge in [-0.1, -0.05) is 58.0 Å². The predicted octanol–water partition coefficient (Wildman–Crippen LogP) is 3.26. The van der Waals surface area contributed by atoms with Crippen LogP contribution in [0.3, 0.4) is 0 Å². The molecule has 0 bridgehead atoms. The van der Waals surface area contributed by atoms with Crippen LogP contribution in [-0.4, -0.2) is 14.7 Å². The molecule has 2 N–H and O–H groups in total. The van der Waals surface area contributed by atoms with Crippen LogP contribution in [0, 0.1) is 5.92 Å². The van der Waals surface area contributed by atoms with E-state index in [1.54, 1.807) is 0 Å². The minimum atomic E-state index is -0.888. The SMILES string of the molecule is CCC(C)S(=O)C(C(C)C)C(N)c1ccccc1. The highest BCUT2D eigenvalue weighted by atomic mass is 32.2. The molecule has 4 unspecified atom stereocenters. The van der Waals surface area contributed by atoms with Crippen LogP contribution in [0.15, 0.2) is 30.3 Å². The van der Waals surface area contributed by atoms with Gasteiger partial charge in [-0.25, -0.2) is 0 Å². The fourth-order valence-corrected chi connectivity index (χ4v) is 3.97. The Morgan fingerprint density at radius 3 is 2.17 bits per heavy atom. The first kappa shape index (κ1) is 15.4. The molecule has 0 fully saturated rings. The van der Waals surface area contributed by atoms with Gasteiger partial charge in [-0.3, -0.25) is 4.21 Å². The van der Waals surface area contributed by atoms with E-state index in [9.17, 15) is 4.21 Å². The number of benzene rings is 1. The summed E-state index contributed by atoms with van der Waals surface area (Å²) in [7, 11) is -0.888. The van der Waals surface area contributed by atoms with Crippen LogP contribution >= 0.6 is 0 Å². The third-order valence-corrected chi connectivity index (χ3v) is 5.94. The summed E-state index contributed by atoms with van der Waals surface area (Å²) in [6.45, 7) is 8.33. The average Bonchev–Trinajstić information content (AvgIpc) is 2.38. The first-order chi connectivity index (χ1) is 8.49. The molecule has 3 heteroatoms. The van der Waals surface area contributed by atoms with Gasteiger partial charge in [0.05, 0.1) is 5.25 Å². The molecule has 0 aliphatic rings.